The van der Waals surface area contributed by atoms with Crippen LogP contribution in [0.3, 0.4) is 0 Å². The average molecular weight is 205 g/mol. The quantitative estimate of drug-likeness (QED) is 0.338. The second-order valence-electron chi connectivity index (χ2n) is 3.80. The van der Waals surface area contributed by atoms with E-state index in [2.05, 4.69) is 32.1 Å². The molecule has 0 saturated heterocycles. The topological polar surface area (TPSA) is 0 Å². The third-order valence-electron chi connectivity index (χ3n) is 2.36. The van der Waals surface area contributed by atoms with Crippen LogP contribution in [0, 0.1) is 6.42 Å². The largest absolute Gasteiger partial charge is 0.0991 e. The zero-order chi connectivity index (χ0) is 11.2. The summed E-state index contributed by atoms with van der Waals surface area (Å²) in [4.78, 5) is 0. The van der Waals surface area contributed by atoms with E-state index in [4.69, 9.17) is 0 Å². The predicted octanol–water partition coefficient (Wildman–Crippen LogP) is 5.24. The predicted molar refractivity (Wildman–Crippen MR) is 70.8 cm³/mol. The molecular weight excluding hydrogens is 180 g/mol. The number of hydrogen-bond donors (Lipinski definition) is 0. The van der Waals surface area contributed by atoms with E-state index in [0.29, 0.717) is 0 Å². The van der Waals surface area contributed by atoms with Crippen molar-refractivity contribution >= 4 is 0 Å². The Balaban J connectivity index is 3.07. The Kier molecular flexibility index (Phi) is 12.5. The summed E-state index contributed by atoms with van der Waals surface area (Å²) in [6, 6.07) is 0. The van der Waals surface area contributed by atoms with Crippen LogP contribution in [-0.4, -0.2) is 0 Å². The molecule has 0 saturated carbocycles. The van der Waals surface area contributed by atoms with Crippen molar-refractivity contribution in [1.29, 1.82) is 0 Å². The van der Waals surface area contributed by atoms with E-state index in [-0.39, 0.29) is 0 Å². The fourth-order valence-corrected chi connectivity index (χ4v) is 1.46. The van der Waals surface area contributed by atoms with E-state index >= 15 is 0 Å². The molecule has 0 fully saturated rings. The van der Waals surface area contributed by atoms with Crippen LogP contribution in [0.25, 0.3) is 0 Å². The second-order valence-corrected chi connectivity index (χ2v) is 3.80. The van der Waals surface area contributed by atoms with E-state index in [1.165, 1.54) is 44.9 Å². The van der Waals surface area contributed by atoms with E-state index in [0.717, 1.165) is 0 Å². The monoisotopic (exact) mass is 205 g/mol. The molecule has 0 aliphatic rings. The van der Waals surface area contributed by atoms with Gasteiger partial charge in [0.05, 0.1) is 0 Å². The molecular formula is C15H25. The Morgan fingerprint density at radius 2 is 1.47 bits per heavy atom. The SMILES string of the molecule is C=CC=CC=CCCCCCCC[CH]C. The van der Waals surface area contributed by atoms with Crippen LogP contribution in [0.4, 0.5) is 0 Å². The zero-order valence-electron chi connectivity index (χ0n) is 10.1. The minimum Gasteiger partial charge on any atom is -0.0991 e. The van der Waals surface area contributed by atoms with Gasteiger partial charge >= 0.3 is 0 Å². The molecule has 0 atom stereocenters. The number of unbranched alkanes of at least 4 members (excludes halogenated alkanes) is 7. The van der Waals surface area contributed by atoms with Gasteiger partial charge in [0.25, 0.3) is 0 Å². The van der Waals surface area contributed by atoms with Gasteiger partial charge in [-0.25, -0.2) is 0 Å². The Morgan fingerprint density at radius 1 is 0.800 bits per heavy atom. The molecule has 85 valence electrons. The van der Waals surface area contributed by atoms with Crippen molar-refractivity contribution < 1.29 is 0 Å². The lowest BCUT2D eigenvalue weighted by Crippen LogP contribution is -1.78. The number of hydrogen-bond acceptors (Lipinski definition) is 0. The van der Waals surface area contributed by atoms with Crippen LogP contribution < -0.4 is 0 Å². The van der Waals surface area contributed by atoms with Gasteiger partial charge in [0, 0.05) is 0 Å². The minimum atomic E-state index is 1.21. The number of rotatable bonds is 10. The lowest BCUT2D eigenvalue weighted by atomic mass is 10.1. The minimum absolute atomic E-state index is 1.21. The molecule has 0 aromatic carbocycles. The molecule has 0 aliphatic heterocycles. The first-order chi connectivity index (χ1) is 7.41. The van der Waals surface area contributed by atoms with Gasteiger partial charge in [-0.15, -0.1) is 0 Å². The Labute approximate surface area is 95.8 Å². The maximum absolute atomic E-state index is 3.62. The first-order valence-corrected chi connectivity index (χ1v) is 6.14. The molecule has 0 heterocycles. The highest BCUT2D eigenvalue weighted by Gasteiger charge is 1.88. The fraction of sp³-hybridized carbons (Fsp3) is 0.533. The highest BCUT2D eigenvalue weighted by molar-refractivity contribution is 5.08. The molecule has 0 nitrogen and oxygen atoms in total. The molecule has 0 bridgehead atoms. The fourth-order valence-electron chi connectivity index (χ4n) is 1.46. The highest BCUT2D eigenvalue weighted by atomic mass is 13.9. The number of allylic oxidation sites excluding steroid dienone is 5. The molecule has 0 aromatic rings. The van der Waals surface area contributed by atoms with Gasteiger partial charge in [-0.2, -0.15) is 0 Å². The smallest absolute Gasteiger partial charge is 0.0348 e. The first kappa shape index (κ1) is 14.2. The van der Waals surface area contributed by atoms with Gasteiger partial charge in [-0.3, -0.25) is 0 Å². The van der Waals surface area contributed by atoms with Crippen molar-refractivity contribution in [3.05, 3.63) is 43.4 Å². The standard InChI is InChI=1S/C15H25/c1-3-5-7-9-11-13-15-14-12-10-8-6-4-2/h3-5,7,9,11H,1,6,8,10,12-15H2,2H3. The Morgan fingerprint density at radius 3 is 2.13 bits per heavy atom. The van der Waals surface area contributed by atoms with E-state index in [1.54, 1.807) is 6.08 Å². The normalized spacial score (nSPS) is 11.5. The lowest BCUT2D eigenvalue weighted by molar-refractivity contribution is 0.615. The van der Waals surface area contributed by atoms with Crippen molar-refractivity contribution in [2.45, 2.75) is 51.9 Å². The lowest BCUT2D eigenvalue weighted by Gasteiger charge is -1.98. The van der Waals surface area contributed by atoms with Gasteiger partial charge in [0.15, 0.2) is 0 Å². The molecule has 0 N–H and O–H groups in total. The maximum Gasteiger partial charge on any atom is -0.0348 e. The van der Waals surface area contributed by atoms with Crippen molar-refractivity contribution in [2.24, 2.45) is 0 Å². The summed E-state index contributed by atoms with van der Waals surface area (Å²) < 4.78 is 0. The van der Waals surface area contributed by atoms with Crippen LogP contribution in [-0.2, 0) is 0 Å². The molecule has 1 radical (unpaired) electrons. The summed E-state index contributed by atoms with van der Waals surface area (Å²) in [7, 11) is 0. The molecule has 0 spiro atoms. The summed E-state index contributed by atoms with van der Waals surface area (Å²) in [6.07, 6.45) is 21.7. The van der Waals surface area contributed by atoms with E-state index < -0.39 is 0 Å². The first-order valence-electron chi connectivity index (χ1n) is 6.14. The van der Waals surface area contributed by atoms with Crippen LogP contribution in [0.1, 0.15) is 51.9 Å². The van der Waals surface area contributed by atoms with Gasteiger partial charge in [0.1, 0.15) is 0 Å². The summed E-state index contributed by atoms with van der Waals surface area (Å²) >= 11 is 0. The van der Waals surface area contributed by atoms with Crippen molar-refractivity contribution in [3.8, 4) is 0 Å². The maximum atomic E-state index is 3.62. The summed E-state index contributed by atoms with van der Waals surface area (Å²) in [6.45, 7) is 5.76. The van der Waals surface area contributed by atoms with Gasteiger partial charge in [0.2, 0.25) is 0 Å². The van der Waals surface area contributed by atoms with E-state index in [9.17, 15) is 0 Å². The summed E-state index contributed by atoms with van der Waals surface area (Å²) in [5.41, 5.74) is 0. The third kappa shape index (κ3) is 13.2. The van der Waals surface area contributed by atoms with Crippen molar-refractivity contribution in [3.63, 3.8) is 0 Å². The third-order valence-corrected chi connectivity index (χ3v) is 2.36. The summed E-state index contributed by atoms with van der Waals surface area (Å²) in [5.74, 6) is 0. The molecule has 0 heteroatoms. The van der Waals surface area contributed by atoms with Gasteiger partial charge in [-0.1, -0.05) is 76.0 Å². The Hall–Kier alpha value is -0.780. The molecule has 0 aliphatic carbocycles. The zero-order valence-corrected chi connectivity index (χ0v) is 10.1. The average Bonchev–Trinajstić information content (AvgIpc) is 2.26. The van der Waals surface area contributed by atoms with Crippen LogP contribution in [0.15, 0.2) is 37.0 Å². The van der Waals surface area contributed by atoms with Crippen molar-refractivity contribution in [1.82, 2.24) is 0 Å². The second kappa shape index (κ2) is 13.2. The van der Waals surface area contributed by atoms with Gasteiger partial charge < -0.3 is 0 Å². The summed E-state index contributed by atoms with van der Waals surface area (Å²) in [5, 5.41) is 0. The molecule has 15 heavy (non-hydrogen) atoms. The Bertz CT molecular complexity index is 174. The molecule has 0 rings (SSSR count). The van der Waals surface area contributed by atoms with Crippen LogP contribution in [0.2, 0.25) is 0 Å². The van der Waals surface area contributed by atoms with E-state index in [1.807, 2.05) is 12.2 Å². The molecule has 0 amide bonds. The molecule has 0 aromatic heterocycles. The highest BCUT2D eigenvalue weighted by Crippen LogP contribution is 2.08. The van der Waals surface area contributed by atoms with Crippen molar-refractivity contribution in [2.75, 3.05) is 0 Å². The molecule has 0 unspecified atom stereocenters. The van der Waals surface area contributed by atoms with Crippen LogP contribution >= 0.6 is 0 Å². The van der Waals surface area contributed by atoms with Crippen LogP contribution in [0.5, 0.6) is 0 Å². The van der Waals surface area contributed by atoms with Gasteiger partial charge in [-0.05, 0) is 19.3 Å².